The van der Waals surface area contributed by atoms with E-state index >= 15 is 0 Å². The summed E-state index contributed by atoms with van der Waals surface area (Å²) >= 11 is 7.16. The normalized spacial score (nSPS) is 18.4. The van der Waals surface area contributed by atoms with Gasteiger partial charge in [0.25, 0.3) is 15.9 Å². The van der Waals surface area contributed by atoms with Gasteiger partial charge in [-0.05, 0) is 24.6 Å². The third-order valence-corrected chi connectivity index (χ3v) is 11.2. The fraction of sp³-hybridized carbons (Fsp3) is 0.462. The fourth-order valence-corrected chi connectivity index (χ4v) is 8.83. The number of hydrogen-bond donors (Lipinski definition) is 1. The molecule has 1 aromatic carbocycles. The molecule has 41 heavy (non-hydrogen) atoms. The van der Waals surface area contributed by atoms with Crippen LogP contribution in [0.2, 0.25) is 5.02 Å². The first kappa shape index (κ1) is 29.5. The van der Waals surface area contributed by atoms with Crippen LogP contribution in [0.5, 0.6) is 0 Å². The van der Waals surface area contributed by atoms with Crippen molar-refractivity contribution in [1.29, 1.82) is 0 Å². The molecule has 3 amide bonds. The molecule has 0 saturated carbocycles. The number of halogens is 1. The Morgan fingerprint density at radius 3 is 2.68 bits per heavy atom. The van der Waals surface area contributed by atoms with Crippen molar-refractivity contribution in [3.8, 4) is 0 Å². The average molecular weight is 623 g/mol. The summed E-state index contributed by atoms with van der Waals surface area (Å²) in [7, 11) is 1.02. The van der Waals surface area contributed by atoms with E-state index in [9.17, 15) is 22.8 Å². The predicted molar refractivity (Wildman–Crippen MR) is 153 cm³/mol. The van der Waals surface area contributed by atoms with E-state index in [1.165, 1.54) is 14.1 Å². The van der Waals surface area contributed by atoms with Crippen LogP contribution in [0.1, 0.15) is 34.1 Å². The molecular weight excluding hydrogens is 592 g/mol. The van der Waals surface area contributed by atoms with Gasteiger partial charge in [-0.2, -0.15) is 4.31 Å². The largest absolute Gasteiger partial charge is 0.436 e. The van der Waals surface area contributed by atoms with Crippen molar-refractivity contribution in [2.75, 3.05) is 47.3 Å². The molecule has 1 saturated heterocycles. The van der Waals surface area contributed by atoms with Crippen LogP contribution in [0, 0.1) is 0 Å². The van der Waals surface area contributed by atoms with Crippen LogP contribution >= 0.6 is 22.9 Å². The lowest BCUT2D eigenvalue weighted by Crippen LogP contribution is -2.57. The standard InChI is InChI=1S/C26H31ClN6O6S2/c1-30(2)23(35)11-16-13-32(8-9-33(16)25(36)24-29-19-6-7-31(3)14-20(19)39-24)41(37,38)26-18(12-22(28)34)17-5-4-15(27)10-21(17)40-26/h4-5,10,16H,6-9,11-14H2,1-3H3,(H2,28,34). The summed E-state index contributed by atoms with van der Waals surface area (Å²) in [5.74, 6) is -0.834. The topological polar surface area (TPSA) is 150 Å². The molecule has 5 rings (SSSR count). The minimum absolute atomic E-state index is 0.00414. The molecule has 15 heteroatoms. The number of amides is 3. The number of primary amides is 1. The summed E-state index contributed by atoms with van der Waals surface area (Å²) in [6.07, 6.45) is 0.302. The van der Waals surface area contributed by atoms with Crippen LogP contribution < -0.4 is 5.73 Å². The van der Waals surface area contributed by atoms with Crippen molar-refractivity contribution in [2.45, 2.75) is 36.1 Å². The predicted octanol–water partition coefficient (Wildman–Crippen LogP) is 1.55. The van der Waals surface area contributed by atoms with Crippen molar-refractivity contribution in [2.24, 2.45) is 5.73 Å². The average Bonchev–Trinajstić information content (AvgIpc) is 3.49. The van der Waals surface area contributed by atoms with E-state index in [1.54, 1.807) is 32.3 Å². The number of carbonyl (C=O) groups excluding carboxylic acids is 3. The van der Waals surface area contributed by atoms with Gasteiger partial charge in [0.15, 0.2) is 0 Å². The van der Waals surface area contributed by atoms with E-state index in [4.69, 9.17) is 21.8 Å². The quantitative estimate of drug-likeness (QED) is 0.417. The maximum absolute atomic E-state index is 14.0. The highest BCUT2D eigenvalue weighted by Gasteiger charge is 2.41. The molecule has 220 valence electrons. The smallest absolute Gasteiger partial charge is 0.310 e. The highest BCUT2D eigenvalue weighted by molar-refractivity contribution is 7.91. The highest BCUT2D eigenvalue weighted by Crippen LogP contribution is 2.38. The number of carbonyl (C=O) groups is 3. The van der Waals surface area contributed by atoms with Gasteiger partial charge in [-0.3, -0.25) is 19.3 Å². The Morgan fingerprint density at radius 2 is 1.98 bits per heavy atom. The van der Waals surface area contributed by atoms with Crippen molar-refractivity contribution < 1.29 is 27.2 Å². The van der Waals surface area contributed by atoms with Gasteiger partial charge in [-0.25, -0.2) is 13.4 Å². The molecule has 0 aliphatic carbocycles. The van der Waals surface area contributed by atoms with Gasteiger partial charge in [-0.15, -0.1) is 11.3 Å². The van der Waals surface area contributed by atoms with Gasteiger partial charge >= 0.3 is 5.91 Å². The zero-order valence-electron chi connectivity index (χ0n) is 22.9. The zero-order valence-corrected chi connectivity index (χ0v) is 25.3. The summed E-state index contributed by atoms with van der Waals surface area (Å²) in [6.45, 7) is 1.22. The molecule has 3 aromatic rings. The third-order valence-electron chi connectivity index (χ3n) is 7.36. The number of piperazine rings is 1. The molecule has 1 atom stereocenters. The molecule has 0 bridgehead atoms. The number of likely N-dealkylation sites (N-methyl/N-ethyl adjacent to an activating group) is 1. The van der Waals surface area contributed by atoms with Crippen molar-refractivity contribution in [3.63, 3.8) is 0 Å². The number of nitrogens with zero attached hydrogens (tertiary/aromatic N) is 5. The number of sulfonamides is 1. The molecule has 2 N–H and O–H groups in total. The minimum atomic E-state index is -4.13. The van der Waals surface area contributed by atoms with E-state index in [1.807, 2.05) is 7.05 Å². The number of oxazole rings is 1. The van der Waals surface area contributed by atoms with Crippen LogP contribution in [-0.2, 0) is 39.0 Å². The zero-order chi connectivity index (χ0) is 29.6. The first-order valence-electron chi connectivity index (χ1n) is 13.0. The number of thiophene rings is 1. The maximum Gasteiger partial charge on any atom is 0.310 e. The van der Waals surface area contributed by atoms with Gasteiger partial charge in [0.1, 0.15) is 9.97 Å². The van der Waals surface area contributed by atoms with Crippen LogP contribution in [0.4, 0.5) is 0 Å². The third kappa shape index (κ3) is 5.84. The molecule has 2 aliphatic rings. The van der Waals surface area contributed by atoms with E-state index in [0.717, 1.165) is 23.6 Å². The van der Waals surface area contributed by atoms with Crippen LogP contribution in [0.3, 0.4) is 0 Å². The Morgan fingerprint density at radius 1 is 1.22 bits per heavy atom. The fourth-order valence-electron chi connectivity index (χ4n) is 5.18. The van der Waals surface area contributed by atoms with Gasteiger partial charge < -0.3 is 20.0 Å². The minimum Gasteiger partial charge on any atom is -0.436 e. The molecule has 1 fully saturated rings. The molecule has 2 aromatic heterocycles. The second-order valence-electron chi connectivity index (χ2n) is 10.5. The second kappa shape index (κ2) is 11.3. The van der Waals surface area contributed by atoms with Gasteiger partial charge in [0.2, 0.25) is 11.8 Å². The van der Waals surface area contributed by atoms with Crippen molar-refractivity contribution >= 4 is 60.8 Å². The van der Waals surface area contributed by atoms with Crippen molar-refractivity contribution in [1.82, 2.24) is 24.0 Å². The SMILES string of the molecule is CN1CCc2nc(C(=O)N3CCN(S(=O)(=O)c4sc5cc(Cl)ccc5c4CC(N)=O)CC3CC(=O)N(C)C)oc2C1. The first-order valence-corrected chi connectivity index (χ1v) is 15.7. The van der Waals surface area contributed by atoms with Gasteiger partial charge in [0.05, 0.1) is 24.7 Å². The Hall–Kier alpha value is -3.04. The van der Waals surface area contributed by atoms with Gasteiger partial charge in [0, 0.05) is 68.4 Å². The molecular formula is C26H31ClN6O6S2. The summed E-state index contributed by atoms with van der Waals surface area (Å²) in [5, 5.41) is 1.02. The van der Waals surface area contributed by atoms with E-state index in [2.05, 4.69) is 9.88 Å². The Kier molecular flexibility index (Phi) is 8.14. The lowest BCUT2D eigenvalue weighted by molar-refractivity contribution is -0.130. The summed E-state index contributed by atoms with van der Waals surface area (Å²) < 4.78 is 35.8. The van der Waals surface area contributed by atoms with Crippen molar-refractivity contribution in [3.05, 3.63) is 46.1 Å². The van der Waals surface area contributed by atoms with Crippen LogP contribution in [0.25, 0.3) is 10.1 Å². The molecule has 4 heterocycles. The highest BCUT2D eigenvalue weighted by atomic mass is 35.5. The van der Waals surface area contributed by atoms with E-state index < -0.39 is 27.9 Å². The Bertz CT molecular complexity index is 1630. The first-order chi connectivity index (χ1) is 19.3. The Labute approximate surface area is 246 Å². The summed E-state index contributed by atoms with van der Waals surface area (Å²) in [4.78, 5) is 47.7. The van der Waals surface area contributed by atoms with E-state index in [0.29, 0.717) is 39.4 Å². The molecule has 12 nitrogen and oxygen atoms in total. The van der Waals surface area contributed by atoms with Gasteiger partial charge in [-0.1, -0.05) is 17.7 Å². The molecule has 0 radical (unpaired) electrons. The Balaban J connectivity index is 1.47. The summed E-state index contributed by atoms with van der Waals surface area (Å²) in [6, 6.07) is 4.18. The number of fused-ring (bicyclic) bond motifs is 2. The molecule has 0 spiro atoms. The number of hydrogen-bond acceptors (Lipinski definition) is 9. The molecule has 1 unspecified atom stereocenters. The number of benzene rings is 1. The monoisotopic (exact) mass is 622 g/mol. The molecule has 2 aliphatic heterocycles. The second-order valence-corrected chi connectivity index (χ2v) is 14.2. The lowest BCUT2D eigenvalue weighted by atomic mass is 10.1. The number of rotatable bonds is 7. The van der Waals surface area contributed by atoms with Crippen LogP contribution in [0.15, 0.2) is 26.8 Å². The lowest BCUT2D eigenvalue weighted by Gasteiger charge is -2.40. The van der Waals surface area contributed by atoms with E-state index in [-0.39, 0.29) is 48.5 Å². The summed E-state index contributed by atoms with van der Waals surface area (Å²) in [5.41, 5.74) is 6.52. The number of nitrogens with two attached hydrogens (primary N) is 1. The maximum atomic E-state index is 14.0. The number of aromatic nitrogens is 1. The van der Waals surface area contributed by atoms with Crippen LogP contribution in [-0.4, -0.2) is 103 Å².